The van der Waals surface area contributed by atoms with E-state index in [1.54, 1.807) is 0 Å². The molecule has 1 saturated carbocycles. The predicted octanol–water partition coefficient (Wildman–Crippen LogP) is 1.17. The van der Waals surface area contributed by atoms with E-state index in [-0.39, 0.29) is 11.4 Å². The molecule has 2 nitrogen and oxygen atoms in total. The van der Waals surface area contributed by atoms with E-state index in [0.717, 1.165) is 12.3 Å². The number of hydrogen-bond donors (Lipinski definition) is 1. The Hall–Kier alpha value is -0.530. The Labute approximate surface area is 67.4 Å². The topological polar surface area (TPSA) is 29.1 Å². The second kappa shape index (κ2) is 1.79. The summed E-state index contributed by atoms with van der Waals surface area (Å²) >= 11 is 0. The molecule has 0 aromatic carbocycles. The molecule has 0 spiro atoms. The lowest BCUT2D eigenvalue weighted by molar-refractivity contribution is -0.124. The van der Waals surface area contributed by atoms with Gasteiger partial charge in [-0.15, -0.1) is 0 Å². The van der Waals surface area contributed by atoms with Gasteiger partial charge < -0.3 is 5.32 Å². The molecular formula is C9H15NO. The molecule has 0 aromatic rings. The van der Waals surface area contributed by atoms with Gasteiger partial charge in [0.2, 0.25) is 5.91 Å². The van der Waals surface area contributed by atoms with Crippen molar-refractivity contribution >= 4 is 5.91 Å². The van der Waals surface area contributed by atoms with Crippen LogP contribution in [0.5, 0.6) is 0 Å². The Morgan fingerprint density at radius 3 is 2.73 bits per heavy atom. The number of piperidine rings is 1. The summed E-state index contributed by atoms with van der Waals surface area (Å²) in [5.41, 5.74) is 0.148. The Morgan fingerprint density at radius 1 is 1.55 bits per heavy atom. The van der Waals surface area contributed by atoms with Crippen molar-refractivity contribution in [2.75, 3.05) is 0 Å². The predicted molar refractivity (Wildman–Crippen MR) is 43.0 cm³/mol. The summed E-state index contributed by atoms with van der Waals surface area (Å²) in [5, 5.41) is 3.07. The van der Waals surface area contributed by atoms with E-state index in [1.165, 1.54) is 0 Å². The first-order chi connectivity index (χ1) is 5.05. The van der Waals surface area contributed by atoms with Crippen LogP contribution in [0.1, 0.15) is 27.2 Å². The number of fused-ring (bicyclic) bond motifs is 1. The third kappa shape index (κ3) is 0.754. The summed E-state index contributed by atoms with van der Waals surface area (Å²) in [6.07, 6.45) is 0.727. The van der Waals surface area contributed by atoms with E-state index in [2.05, 4.69) is 26.1 Å². The van der Waals surface area contributed by atoms with Crippen LogP contribution in [-0.2, 0) is 4.79 Å². The molecule has 0 aromatic heterocycles. The molecule has 1 saturated heterocycles. The Balaban J connectivity index is 2.20. The number of nitrogens with one attached hydrogen (secondary N) is 1. The monoisotopic (exact) mass is 153 g/mol. The fourth-order valence-electron chi connectivity index (χ4n) is 2.82. The standard InChI is InChI=1S/C9H15NO/c1-5-4-7(11)10-9(3)6(2)8(5)9/h5-6,8H,4H2,1-3H3,(H,10,11). The van der Waals surface area contributed by atoms with Gasteiger partial charge in [0.1, 0.15) is 0 Å². The van der Waals surface area contributed by atoms with Gasteiger partial charge in [-0.25, -0.2) is 0 Å². The van der Waals surface area contributed by atoms with Crippen molar-refractivity contribution in [1.82, 2.24) is 5.32 Å². The number of rotatable bonds is 0. The van der Waals surface area contributed by atoms with Crippen molar-refractivity contribution in [1.29, 1.82) is 0 Å². The molecule has 1 aliphatic carbocycles. The molecule has 4 unspecified atom stereocenters. The summed E-state index contributed by atoms with van der Waals surface area (Å²) in [4.78, 5) is 11.2. The maximum Gasteiger partial charge on any atom is 0.220 e. The molecule has 2 fully saturated rings. The lowest BCUT2D eigenvalue weighted by Crippen LogP contribution is -2.42. The summed E-state index contributed by atoms with van der Waals surface area (Å²) in [6, 6.07) is 0. The molecule has 11 heavy (non-hydrogen) atoms. The van der Waals surface area contributed by atoms with Gasteiger partial charge in [0, 0.05) is 12.0 Å². The third-order valence-corrected chi connectivity index (χ3v) is 3.60. The van der Waals surface area contributed by atoms with Gasteiger partial charge in [-0.3, -0.25) is 4.79 Å². The van der Waals surface area contributed by atoms with Crippen molar-refractivity contribution in [2.45, 2.75) is 32.7 Å². The van der Waals surface area contributed by atoms with E-state index in [1.807, 2.05) is 0 Å². The quantitative estimate of drug-likeness (QED) is 0.556. The molecule has 1 aliphatic heterocycles. The Bertz CT molecular complexity index is 214. The molecule has 4 atom stereocenters. The molecule has 2 rings (SSSR count). The number of carbonyl (C=O) groups is 1. The average molecular weight is 153 g/mol. The second-order valence-electron chi connectivity index (χ2n) is 4.33. The van der Waals surface area contributed by atoms with Crippen LogP contribution in [0.3, 0.4) is 0 Å². The highest BCUT2D eigenvalue weighted by Crippen LogP contribution is 2.56. The smallest absolute Gasteiger partial charge is 0.220 e. The maximum atomic E-state index is 11.2. The first-order valence-corrected chi connectivity index (χ1v) is 4.36. The van der Waals surface area contributed by atoms with Crippen LogP contribution in [-0.4, -0.2) is 11.4 Å². The zero-order valence-electron chi connectivity index (χ0n) is 7.35. The van der Waals surface area contributed by atoms with Gasteiger partial charge in [0.15, 0.2) is 0 Å². The van der Waals surface area contributed by atoms with Crippen molar-refractivity contribution in [3.63, 3.8) is 0 Å². The average Bonchev–Trinajstić information content (AvgIpc) is 2.33. The minimum atomic E-state index is 0.148. The van der Waals surface area contributed by atoms with Crippen LogP contribution in [0.4, 0.5) is 0 Å². The number of carbonyl (C=O) groups excluding carboxylic acids is 1. The fourth-order valence-corrected chi connectivity index (χ4v) is 2.82. The molecule has 0 radical (unpaired) electrons. The summed E-state index contributed by atoms with van der Waals surface area (Å²) in [5.74, 6) is 2.24. The fraction of sp³-hybridized carbons (Fsp3) is 0.889. The lowest BCUT2D eigenvalue weighted by atomic mass is 9.94. The molecule has 62 valence electrons. The van der Waals surface area contributed by atoms with Crippen molar-refractivity contribution in [2.24, 2.45) is 17.8 Å². The van der Waals surface area contributed by atoms with Crippen molar-refractivity contribution in [3.05, 3.63) is 0 Å². The highest BCUT2D eigenvalue weighted by Gasteiger charge is 2.63. The van der Waals surface area contributed by atoms with Crippen molar-refractivity contribution in [3.8, 4) is 0 Å². The summed E-state index contributed by atoms with van der Waals surface area (Å²) in [6.45, 7) is 6.58. The molecular weight excluding hydrogens is 138 g/mol. The maximum absolute atomic E-state index is 11.2. The van der Waals surface area contributed by atoms with Gasteiger partial charge in [-0.2, -0.15) is 0 Å². The third-order valence-electron chi connectivity index (χ3n) is 3.60. The van der Waals surface area contributed by atoms with Crippen LogP contribution in [0.25, 0.3) is 0 Å². The molecule has 1 heterocycles. The number of hydrogen-bond acceptors (Lipinski definition) is 1. The van der Waals surface area contributed by atoms with Gasteiger partial charge in [-0.05, 0) is 24.7 Å². The molecule has 1 amide bonds. The first kappa shape index (κ1) is 7.14. The normalized spacial score (nSPS) is 54.8. The summed E-state index contributed by atoms with van der Waals surface area (Å²) < 4.78 is 0. The summed E-state index contributed by atoms with van der Waals surface area (Å²) in [7, 11) is 0. The lowest BCUT2D eigenvalue weighted by Gasteiger charge is -2.23. The van der Waals surface area contributed by atoms with E-state index in [9.17, 15) is 4.79 Å². The minimum absolute atomic E-state index is 0.148. The van der Waals surface area contributed by atoms with Crippen LogP contribution >= 0.6 is 0 Å². The van der Waals surface area contributed by atoms with E-state index >= 15 is 0 Å². The number of amides is 1. The molecule has 0 bridgehead atoms. The molecule has 2 heteroatoms. The molecule has 1 N–H and O–H groups in total. The largest absolute Gasteiger partial charge is 0.350 e. The van der Waals surface area contributed by atoms with Crippen LogP contribution in [0, 0.1) is 17.8 Å². The van der Waals surface area contributed by atoms with E-state index in [4.69, 9.17) is 0 Å². The Morgan fingerprint density at radius 2 is 2.18 bits per heavy atom. The first-order valence-electron chi connectivity index (χ1n) is 4.36. The van der Waals surface area contributed by atoms with Crippen LogP contribution in [0.2, 0.25) is 0 Å². The van der Waals surface area contributed by atoms with E-state index < -0.39 is 0 Å². The van der Waals surface area contributed by atoms with Crippen LogP contribution in [0.15, 0.2) is 0 Å². The minimum Gasteiger partial charge on any atom is -0.350 e. The van der Waals surface area contributed by atoms with Gasteiger partial charge in [-0.1, -0.05) is 13.8 Å². The Kier molecular flexibility index (Phi) is 1.16. The highest BCUT2D eigenvalue weighted by molar-refractivity contribution is 5.79. The molecule has 2 aliphatic rings. The zero-order chi connectivity index (χ0) is 8.22. The van der Waals surface area contributed by atoms with Gasteiger partial charge in [0.25, 0.3) is 0 Å². The van der Waals surface area contributed by atoms with Crippen molar-refractivity contribution < 1.29 is 4.79 Å². The van der Waals surface area contributed by atoms with E-state index in [0.29, 0.717) is 11.8 Å². The second-order valence-corrected chi connectivity index (χ2v) is 4.33. The zero-order valence-corrected chi connectivity index (χ0v) is 7.35. The van der Waals surface area contributed by atoms with Gasteiger partial charge in [0.05, 0.1) is 0 Å². The SMILES string of the molecule is CC1CC(=O)NC2(C)C(C)C12. The highest BCUT2D eigenvalue weighted by atomic mass is 16.1. The van der Waals surface area contributed by atoms with Gasteiger partial charge >= 0.3 is 0 Å². The van der Waals surface area contributed by atoms with Crippen LogP contribution < -0.4 is 5.32 Å².